The van der Waals surface area contributed by atoms with E-state index >= 15 is 0 Å². The van der Waals surface area contributed by atoms with Gasteiger partial charge in [-0.15, -0.1) is 0 Å². The van der Waals surface area contributed by atoms with Crippen molar-refractivity contribution in [3.8, 4) is 0 Å². The summed E-state index contributed by atoms with van der Waals surface area (Å²) >= 11 is 0. The van der Waals surface area contributed by atoms with Gasteiger partial charge in [-0.1, -0.05) is 12.1 Å². The molecule has 1 aliphatic heterocycles. The first-order chi connectivity index (χ1) is 13.6. The number of methoxy groups -OCH3 is 1. The van der Waals surface area contributed by atoms with Crippen LogP contribution in [-0.2, 0) is 23.0 Å². The van der Waals surface area contributed by atoms with Crippen molar-refractivity contribution < 1.29 is 22.7 Å². The molecule has 0 spiro atoms. The standard InChI is InChI=1S/C21H18F3N3O2/c1-20(2)14-6-4-5-12(19(28)29-3)13(14)11-27(20)18-10-8-15-16(26-18)7-9-17(25-15)21(22,23)24/h4-10H,11H2,1-3H3. The number of carbonyl (C=O) groups excluding carboxylic acids is 1. The van der Waals surface area contributed by atoms with Crippen molar-refractivity contribution in [2.75, 3.05) is 12.0 Å². The van der Waals surface area contributed by atoms with E-state index in [0.717, 1.165) is 17.2 Å². The van der Waals surface area contributed by atoms with Crippen LogP contribution in [0.2, 0.25) is 0 Å². The molecule has 2 aromatic heterocycles. The lowest BCUT2D eigenvalue weighted by Gasteiger charge is -2.33. The van der Waals surface area contributed by atoms with E-state index in [1.54, 1.807) is 12.1 Å². The molecule has 0 aliphatic carbocycles. The maximum Gasteiger partial charge on any atom is 0.433 e. The van der Waals surface area contributed by atoms with Crippen LogP contribution < -0.4 is 4.90 Å². The zero-order chi connectivity index (χ0) is 21.0. The second kappa shape index (κ2) is 6.43. The average molecular weight is 401 g/mol. The Balaban J connectivity index is 1.77. The molecule has 0 fully saturated rings. The molecule has 0 unspecified atom stereocenters. The van der Waals surface area contributed by atoms with Gasteiger partial charge in [0.05, 0.1) is 29.2 Å². The lowest BCUT2D eigenvalue weighted by atomic mass is 9.91. The molecule has 0 atom stereocenters. The van der Waals surface area contributed by atoms with Crippen LogP contribution in [0, 0.1) is 0 Å². The van der Waals surface area contributed by atoms with Crippen LogP contribution in [0.25, 0.3) is 11.0 Å². The van der Waals surface area contributed by atoms with Crippen LogP contribution in [-0.4, -0.2) is 23.0 Å². The highest BCUT2D eigenvalue weighted by Crippen LogP contribution is 2.43. The lowest BCUT2D eigenvalue weighted by molar-refractivity contribution is -0.140. The predicted molar refractivity (Wildman–Crippen MR) is 102 cm³/mol. The second-order valence-electron chi connectivity index (χ2n) is 7.37. The average Bonchev–Trinajstić information content (AvgIpc) is 2.96. The summed E-state index contributed by atoms with van der Waals surface area (Å²) in [4.78, 5) is 22.4. The molecule has 0 amide bonds. The largest absolute Gasteiger partial charge is 0.465 e. The Hall–Kier alpha value is -3.16. The molecule has 0 radical (unpaired) electrons. The minimum atomic E-state index is -4.50. The van der Waals surface area contributed by atoms with E-state index in [1.807, 2.05) is 30.9 Å². The minimum absolute atomic E-state index is 0.174. The topological polar surface area (TPSA) is 55.3 Å². The summed E-state index contributed by atoms with van der Waals surface area (Å²) in [6.07, 6.45) is -4.50. The van der Waals surface area contributed by atoms with Gasteiger partial charge in [-0.25, -0.2) is 14.8 Å². The number of ether oxygens (including phenoxy) is 1. The SMILES string of the molecule is COC(=O)c1cccc2c1CN(c1ccc3nc(C(F)(F)F)ccc3n1)C2(C)C. The van der Waals surface area contributed by atoms with Crippen molar-refractivity contribution >= 4 is 22.8 Å². The van der Waals surface area contributed by atoms with E-state index in [1.165, 1.54) is 19.2 Å². The van der Waals surface area contributed by atoms with E-state index < -0.39 is 23.4 Å². The van der Waals surface area contributed by atoms with Crippen LogP contribution in [0.3, 0.4) is 0 Å². The number of rotatable bonds is 2. The number of esters is 1. The number of alkyl halides is 3. The van der Waals surface area contributed by atoms with Gasteiger partial charge in [0, 0.05) is 6.54 Å². The Morgan fingerprint density at radius 3 is 2.45 bits per heavy atom. The Morgan fingerprint density at radius 2 is 1.76 bits per heavy atom. The van der Waals surface area contributed by atoms with Gasteiger partial charge in [-0.2, -0.15) is 13.2 Å². The summed E-state index contributed by atoms with van der Waals surface area (Å²) < 4.78 is 43.6. The quantitative estimate of drug-likeness (QED) is 0.583. The zero-order valence-electron chi connectivity index (χ0n) is 16.0. The number of hydrogen-bond acceptors (Lipinski definition) is 5. The van der Waals surface area contributed by atoms with Gasteiger partial charge in [0.15, 0.2) is 0 Å². The monoisotopic (exact) mass is 401 g/mol. The van der Waals surface area contributed by atoms with Crippen LogP contribution in [0.15, 0.2) is 42.5 Å². The van der Waals surface area contributed by atoms with E-state index in [-0.39, 0.29) is 5.52 Å². The van der Waals surface area contributed by atoms with Crippen molar-refractivity contribution in [3.05, 3.63) is 64.8 Å². The fourth-order valence-corrected chi connectivity index (χ4v) is 3.81. The van der Waals surface area contributed by atoms with Gasteiger partial charge in [0.25, 0.3) is 0 Å². The third-order valence-electron chi connectivity index (χ3n) is 5.33. The van der Waals surface area contributed by atoms with Gasteiger partial charge in [-0.3, -0.25) is 0 Å². The molecule has 29 heavy (non-hydrogen) atoms. The minimum Gasteiger partial charge on any atom is -0.465 e. The Morgan fingerprint density at radius 1 is 1.07 bits per heavy atom. The molecule has 1 aromatic carbocycles. The first-order valence-electron chi connectivity index (χ1n) is 8.96. The molecule has 1 aliphatic rings. The molecule has 3 heterocycles. The third kappa shape index (κ3) is 3.08. The highest BCUT2D eigenvalue weighted by atomic mass is 19.4. The molecular weight excluding hydrogens is 383 g/mol. The summed E-state index contributed by atoms with van der Waals surface area (Å²) in [5.41, 5.74) is 1.46. The third-order valence-corrected chi connectivity index (χ3v) is 5.33. The summed E-state index contributed by atoms with van der Waals surface area (Å²) in [7, 11) is 1.34. The summed E-state index contributed by atoms with van der Waals surface area (Å²) in [5, 5.41) is 0. The number of carbonyl (C=O) groups is 1. The number of hydrogen-bond donors (Lipinski definition) is 0. The lowest BCUT2D eigenvalue weighted by Crippen LogP contribution is -2.35. The van der Waals surface area contributed by atoms with Crippen LogP contribution in [0.5, 0.6) is 0 Å². The maximum absolute atomic E-state index is 12.9. The summed E-state index contributed by atoms with van der Waals surface area (Å²) in [6, 6.07) is 10.9. The normalized spacial score (nSPS) is 15.4. The Kier molecular flexibility index (Phi) is 4.25. The molecule has 0 saturated heterocycles. The first-order valence-corrected chi connectivity index (χ1v) is 8.96. The molecule has 0 bridgehead atoms. The number of benzene rings is 1. The molecule has 0 saturated carbocycles. The van der Waals surface area contributed by atoms with Gasteiger partial charge in [0.1, 0.15) is 11.5 Å². The molecule has 8 heteroatoms. The predicted octanol–water partition coefficient (Wildman–Crippen LogP) is 4.69. The van der Waals surface area contributed by atoms with Crippen molar-refractivity contribution in [1.82, 2.24) is 9.97 Å². The number of nitrogens with zero attached hydrogens (tertiary/aromatic N) is 3. The van der Waals surface area contributed by atoms with E-state index in [2.05, 4.69) is 9.97 Å². The van der Waals surface area contributed by atoms with Crippen molar-refractivity contribution in [3.63, 3.8) is 0 Å². The van der Waals surface area contributed by atoms with Crippen LogP contribution >= 0.6 is 0 Å². The van der Waals surface area contributed by atoms with Crippen molar-refractivity contribution in [2.45, 2.75) is 32.1 Å². The summed E-state index contributed by atoms with van der Waals surface area (Å²) in [6.45, 7) is 4.45. The smallest absolute Gasteiger partial charge is 0.433 e. The van der Waals surface area contributed by atoms with E-state index in [9.17, 15) is 18.0 Å². The number of pyridine rings is 2. The highest BCUT2D eigenvalue weighted by molar-refractivity contribution is 5.92. The van der Waals surface area contributed by atoms with E-state index in [4.69, 9.17) is 4.74 Å². The fraction of sp³-hybridized carbons (Fsp3) is 0.286. The van der Waals surface area contributed by atoms with Gasteiger partial charge < -0.3 is 9.64 Å². The number of anilines is 1. The van der Waals surface area contributed by atoms with Crippen molar-refractivity contribution in [2.24, 2.45) is 0 Å². The number of halogens is 3. The van der Waals surface area contributed by atoms with Gasteiger partial charge in [-0.05, 0) is 55.3 Å². The van der Waals surface area contributed by atoms with Crippen LogP contribution in [0.1, 0.15) is 41.0 Å². The number of fused-ring (bicyclic) bond motifs is 2. The van der Waals surface area contributed by atoms with E-state index in [0.29, 0.717) is 23.4 Å². The highest BCUT2D eigenvalue weighted by Gasteiger charge is 2.40. The molecular formula is C21H18F3N3O2. The first kappa shape index (κ1) is 19.2. The molecule has 150 valence electrons. The molecule has 0 N–H and O–H groups in total. The number of aromatic nitrogens is 2. The Labute approximate surface area is 165 Å². The van der Waals surface area contributed by atoms with Gasteiger partial charge >= 0.3 is 12.1 Å². The maximum atomic E-state index is 12.9. The zero-order valence-corrected chi connectivity index (χ0v) is 16.0. The van der Waals surface area contributed by atoms with Gasteiger partial charge in [0.2, 0.25) is 0 Å². The van der Waals surface area contributed by atoms with Crippen molar-refractivity contribution in [1.29, 1.82) is 0 Å². The molecule has 3 aromatic rings. The van der Waals surface area contributed by atoms with Crippen LogP contribution in [0.4, 0.5) is 19.0 Å². The molecule has 4 rings (SSSR count). The fourth-order valence-electron chi connectivity index (χ4n) is 3.81. The second-order valence-corrected chi connectivity index (χ2v) is 7.37. The molecule has 5 nitrogen and oxygen atoms in total. The Bertz CT molecular complexity index is 1130. The summed E-state index contributed by atoms with van der Waals surface area (Å²) in [5.74, 6) is 0.186.